The molecule has 22 heavy (non-hydrogen) atoms. The van der Waals surface area contributed by atoms with Crippen LogP contribution in [0.25, 0.3) is 0 Å². The van der Waals surface area contributed by atoms with Crippen LogP contribution in [0.15, 0.2) is 53.5 Å². The molecule has 0 radical (unpaired) electrons. The Morgan fingerprint density at radius 3 is 2.59 bits per heavy atom. The van der Waals surface area contributed by atoms with E-state index in [0.29, 0.717) is 18.4 Å². The lowest BCUT2D eigenvalue weighted by Gasteiger charge is -2.23. The fraction of sp³-hybridized carbons (Fsp3) is 0.235. The van der Waals surface area contributed by atoms with Gasteiger partial charge in [-0.15, -0.1) is 0 Å². The lowest BCUT2D eigenvalue weighted by atomic mass is 9.94. The van der Waals surface area contributed by atoms with Crippen LogP contribution in [0.1, 0.15) is 29.3 Å². The molecule has 0 saturated carbocycles. The minimum Gasteiger partial charge on any atom is -0.334 e. The normalized spacial score (nSPS) is 12.9. The van der Waals surface area contributed by atoms with Crippen molar-refractivity contribution in [3.63, 3.8) is 0 Å². The van der Waals surface area contributed by atoms with Gasteiger partial charge in [0.25, 0.3) is 5.91 Å². The van der Waals surface area contributed by atoms with E-state index in [9.17, 15) is 14.9 Å². The number of carbonyl (C=O) groups excluding carboxylic acids is 1. The summed E-state index contributed by atoms with van der Waals surface area (Å²) in [6.07, 6.45) is 2.53. The van der Waals surface area contributed by atoms with Crippen LogP contribution in [-0.2, 0) is 6.42 Å². The molecule has 0 spiro atoms. The standard InChI is InChI=1S/C17H17N3O2/c1-17(12-18,10-9-13-5-3-2-4-6-13)20-16(22)14-7-8-15(21)19-11-14/h2-8,11H,9-10H2,1H3,(H,19,21)(H,20,22)/t17-/m1/s1. The van der Waals surface area contributed by atoms with Crippen LogP contribution >= 0.6 is 0 Å². The fourth-order valence-electron chi connectivity index (χ4n) is 2.06. The van der Waals surface area contributed by atoms with Crippen molar-refractivity contribution < 1.29 is 4.79 Å². The molecular formula is C17H17N3O2. The summed E-state index contributed by atoms with van der Waals surface area (Å²) < 4.78 is 0. The van der Waals surface area contributed by atoms with Crippen molar-refractivity contribution in [2.75, 3.05) is 0 Å². The van der Waals surface area contributed by atoms with E-state index in [2.05, 4.69) is 16.4 Å². The predicted molar refractivity (Wildman–Crippen MR) is 83.3 cm³/mol. The molecule has 0 bridgehead atoms. The average molecular weight is 295 g/mol. The number of pyridine rings is 1. The average Bonchev–Trinajstić information content (AvgIpc) is 2.54. The highest BCUT2D eigenvalue weighted by Gasteiger charge is 2.26. The molecule has 1 aromatic carbocycles. The number of benzene rings is 1. The number of hydrogen-bond acceptors (Lipinski definition) is 3. The first kappa shape index (κ1) is 15.5. The Balaban J connectivity index is 2.03. The maximum atomic E-state index is 12.2. The summed E-state index contributed by atoms with van der Waals surface area (Å²) in [6.45, 7) is 1.69. The van der Waals surface area contributed by atoms with Gasteiger partial charge in [-0.05, 0) is 31.4 Å². The van der Waals surface area contributed by atoms with Crippen molar-refractivity contribution in [1.29, 1.82) is 5.26 Å². The summed E-state index contributed by atoms with van der Waals surface area (Å²) in [5.74, 6) is -0.381. The highest BCUT2D eigenvalue weighted by atomic mass is 16.2. The molecule has 1 atom stereocenters. The van der Waals surface area contributed by atoms with Gasteiger partial charge in [-0.2, -0.15) is 5.26 Å². The zero-order chi connectivity index (χ0) is 16.0. The molecule has 5 nitrogen and oxygen atoms in total. The van der Waals surface area contributed by atoms with Gasteiger partial charge in [-0.1, -0.05) is 30.3 Å². The molecule has 2 aromatic rings. The van der Waals surface area contributed by atoms with Crippen molar-refractivity contribution in [1.82, 2.24) is 10.3 Å². The molecule has 0 aliphatic rings. The van der Waals surface area contributed by atoms with Crippen molar-refractivity contribution in [2.45, 2.75) is 25.3 Å². The summed E-state index contributed by atoms with van der Waals surface area (Å²) in [6, 6.07) is 14.7. The molecule has 1 aromatic heterocycles. The topological polar surface area (TPSA) is 85.8 Å². The van der Waals surface area contributed by atoms with E-state index in [4.69, 9.17) is 0 Å². The number of hydrogen-bond donors (Lipinski definition) is 2. The molecular weight excluding hydrogens is 278 g/mol. The molecule has 1 amide bonds. The van der Waals surface area contributed by atoms with Crippen LogP contribution in [0.4, 0.5) is 0 Å². The van der Waals surface area contributed by atoms with Gasteiger partial charge in [0.2, 0.25) is 5.56 Å². The predicted octanol–water partition coefficient (Wildman–Crippen LogP) is 2.02. The Morgan fingerprint density at radius 2 is 2.00 bits per heavy atom. The van der Waals surface area contributed by atoms with E-state index in [1.165, 1.54) is 18.3 Å². The first-order chi connectivity index (χ1) is 10.5. The Bertz CT molecular complexity index is 726. The van der Waals surface area contributed by atoms with Gasteiger partial charge in [0.05, 0.1) is 11.6 Å². The highest BCUT2D eigenvalue weighted by Crippen LogP contribution is 2.14. The summed E-state index contributed by atoms with van der Waals surface area (Å²) in [5, 5.41) is 12.1. The summed E-state index contributed by atoms with van der Waals surface area (Å²) >= 11 is 0. The number of nitrogens with zero attached hydrogens (tertiary/aromatic N) is 1. The number of aromatic nitrogens is 1. The molecule has 0 fully saturated rings. The van der Waals surface area contributed by atoms with Crippen molar-refractivity contribution in [3.05, 3.63) is 70.1 Å². The molecule has 5 heteroatoms. The van der Waals surface area contributed by atoms with E-state index in [1.807, 2.05) is 30.3 Å². The third kappa shape index (κ3) is 4.06. The maximum Gasteiger partial charge on any atom is 0.253 e. The second-order valence-corrected chi connectivity index (χ2v) is 5.33. The van der Waals surface area contributed by atoms with Crippen LogP contribution < -0.4 is 10.9 Å². The molecule has 1 heterocycles. The van der Waals surface area contributed by atoms with Gasteiger partial charge in [-0.25, -0.2) is 0 Å². The van der Waals surface area contributed by atoms with Crippen LogP contribution in [0.5, 0.6) is 0 Å². The van der Waals surface area contributed by atoms with E-state index in [-0.39, 0.29) is 11.5 Å². The fourth-order valence-corrected chi connectivity index (χ4v) is 2.06. The van der Waals surface area contributed by atoms with E-state index >= 15 is 0 Å². The number of amides is 1. The monoisotopic (exact) mass is 295 g/mol. The second-order valence-electron chi connectivity index (χ2n) is 5.33. The van der Waals surface area contributed by atoms with Gasteiger partial charge < -0.3 is 10.3 Å². The van der Waals surface area contributed by atoms with Crippen LogP contribution in [-0.4, -0.2) is 16.4 Å². The Kier molecular flexibility index (Phi) is 4.74. The summed E-state index contributed by atoms with van der Waals surface area (Å²) in [7, 11) is 0. The zero-order valence-electron chi connectivity index (χ0n) is 12.3. The van der Waals surface area contributed by atoms with Crippen LogP contribution in [0, 0.1) is 11.3 Å². The third-order valence-electron chi connectivity index (χ3n) is 3.44. The number of aryl methyl sites for hydroxylation is 1. The minimum absolute atomic E-state index is 0.274. The number of nitrogens with one attached hydrogen (secondary N) is 2. The van der Waals surface area contributed by atoms with Crippen molar-refractivity contribution in [3.8, 4) is 6.07 Å². The maximum absolute atomic E-state index is 12.2. The molecule has 0 saturated heterocycles. The second kappa shape index (κ2) is 6.72. The summed E-state index contributed by atoms with van der Waals surface area (Å²) in [5.41, 5.74) is 0.190. The lowest BCUT2D eigenvalue weighted by Crippen LogP contribution is -2.45. The minimum atomic E-state index is -0.969. The van der Waals surface area contributed by atoms with Gasteiger partial charge >= 0.3 is 0 Å². The molecule has 2 rings (SSSR count). The van der Waals surface area contributed by atoms with E-state index < -0.39 is 5.54 Å². The number of nitriles is 1. The number of rotatable bonds is 5. The molecule has 2 N–H and O–H groups in total. The molecule has 0 unspecified atom stereocenters. The largest absolute Gasteiger partial charge is 0.334 e. The van der Waals surface area contributed by atoms with Gasteiger partial charge in [0, 0.05) is 12.3 Å². The first-order valence-electron chi connectivity index (χ1n) is 6.99. The zero-order valence-corrected chi connectivity index (χ0v) is 12.3. The quantitative estimate of drug-likeness (QED) is 0.884. The molecule has 0 aliphatic carbocycles. The Morgan fingerprint density at radius 1 is 1.27 bits per heavy atom. The summed E-state index contributed by atoms with van der Waals surface area (Å²) in [4.78, 5) is 25.6. The number of aromatic amines is 1. The molecule has 0 aliphatic heterocycles. The highest BCUT2D eigenvalue weighted by molar-refractivity contribution is 5.94. The number of carbonyl (C=O) groups is 1. The Hall–Kier alpha value is -2.87. The van der Waals surface area contributed by atoms with E-state index in [0.717, 1.165) is 5.56 Å². The smallest absolute Gasteiger partial charge is 0.253 e. The van der Waals surface area contributed by atoms with Gasteiger partial charge in [0.15, 0.2) is 0 Å². The Labute approximate surface area is 128 Å². The van der Waals surface area contributed by atoms with Gasteiger partial charge in [0.1, 0.15) is 5.54 Å². The third-order valence-corrected chi connectivity index (χ3v) is 3.44. The molecule has 112 valence electrons. The van der Waals surface area contributed by atoms with Gasteiger partial charge in [-0.3, -0.25) is 9.59 Å². The van der Waals surface area contributed by atoms with E-state index in [1.54, 1.807) is 6.92 Å². The van der Waals surface area contributed by atoms with Crippen molar-refractivity contribution >= 4 is 5.91 Å². The lowest BCUT2D eigenvalue weighted by molar-refractivity contribution is 0.0921. The SMILES string of the molecule is C[C@](C#N)(CCc1ccccc1)NC(=O)c1ccc(=O)[nH]c1. The van der Waals surface area contributed by atoms with Crippen LogP contribution in [0.2, 0.25) is 0 Å². The number of H-pyrrole nitrogens is 1. The van der Waals surface area contributed by atoms with Crippen molar-refractivity contribution in [2.24, 2.45) is 0 Å². The first-order valence-corrected chi connectivity index (χ1v) is 6.99. The van der Waals surface area contributed by atoms with Crippen LogP contribution in [0.3, 0.4) is 0 Å².